The minimum Gasteiger partial charge on any atom is -0.327 e. The Hall–Kier alpha value is 0.490. The van der Waals surface area contributed by atoms with Gasteiger partial charge in [0.25, 0.3) is 0 Å². The predicted molar refractivity (Wildman–Crippen MR) is 78.6 cm³/mol. The normalized spacial score (nSPS) is 25.6. The SMILES string of the molecule is CC1CN(Cc2csc(Cl)c2Cl)CCC1N.Cl. The van der Waals surface area contributed by atoms with Crippen molar-refractivity contribution < 1.29 is 0 Å². The Labute approximate surface area is 122 Å². The maximum atomic E-state index is 6.12. The summed E-state index contributed by atoms with van der Waals surface area (Å²) in [6.07, 6.45) is 1.07. The van der Waals surface area contributed by atoms with Gasteiger partial charge in [-0.15, -0.1) is 23.7 Å². The van der Waals surface area contributed by atoms with Crippen LogP contribution < -0.4 is 5.73 Å². The molecule has 1 aromatic heterocycles. The van der Waals surface area contributed by atoms with Crippen molar-refractivity contribution in [1.82, 2.24) is 4.90 Å². The van der Waals surface area contributed by atoms with Crippen LogP contribution in [0.3, 0.4) is 0 Å². The topological polar surface area (TPSA) is 29.3 Å². The molecule has 0 radical (unpaired) electrons. The highest BCUT2D eigenvalue weighted by Crippen LogP contribution is 2.33. The second-order valence-electron chi connectivity index (χ2n) is 4.51. The number of nitrogens with two attached hydrogens (primary N) is 1. The van der Waals surface area contributed by atoms with E-state index in [0.717, 1.165) is 31.6 Å². The van der Waals surface area contributed by atoms with Crippen LogP contribution in [0.15, 0.2) is 5.38 Å². The number of nitrogens with zero attached hydrogens (tertiary/aromatic N) is 1. The van der Waals surface area contributed by atoms with Crippen molar-refractivity contribution in [3.8, 4) is 0 Å². The summed E-state index contributed by atoms with van der Waals surface area (Å²) in [4.78, 5) is 2.40. The minimum absolute atomic E-state index is 0. The maximum absolute atomic E-state index is 6.12. The lowest BCUT2D eigenvalue weighted by Crippen LogP contribution is -2.45. The molecule has 1 fully saturated rings. The number of thiophene rings is 1. The summed E-state index contributed by atoms with van der Waals surface area (Å²) in [6, 6.07) is 0.345. The lowest BCUT2D eigenvalue weighted by Gasteiger charge is -2.34. The lowest BCUT2D eigenvalue weighted by molar-refractivity contribution is 0.158. The number of piperidine rings is 1. The van der Waals surface area contributed by atoms with Crippen molar-refractivity contribution in [2.45, 2.75) is 25.9 Å². The first-order valence-corrected chi connectivity index (χ1v) is 7.10. The fourth-order valence-corrected chi connectivity index (χ4v) is 3.33. The molecule has 2 nitrogen and oxygen atoms in total. The molecule has 1 aliphatic heterocycles. The smallest absolute Gasteiger partial charge is 0.112 e. The van der Waals surface area contributed by atoms with E-state index in [1.165, 1.54) is 11.3 Å². The van der Waals surface area contributed by atoms with Gasteiger partial charge in [0.1, 0.15) is 4.34 Å². The van der Waals surface area contributed by atoms with Gasteiger partial charge in [0, 0.05) is 19.1 Å². The first-order valence-electron chi connectivity index (χ1n) is 5.47. The molecule has 0 saturated carbocycles. The van der Waals surface area contributed by atoms with E-state index in [4.69, 9.17) is 28.9 Å². The molecule has 2 heterocycles. The van der Waals surface area contributed by atoms with Gasteiger partial charge in [-0.2, -0.15) is 0 Å². The van der Waals surface area contributed by atoms with E-state index in [2.05, 4.69) is 11.8 Å². The monoisotopic (exact) mass is 314 g/mol. The van der Waals surface area contributed by atoms with E-state index in [0.29, 0.717) is 21.3 Å². The Morgan fingerprint density at radius 2 is 2.24 bits per heavy atom. The Morgan fingerprint density at radius 1 is 1.53 bits per heavy atom. The average Bonchev–Trinajstić information content (AvgIpc) is 2.55. The first kappa shape index (κ1) is 15.5. The standard InChI is InChI=1S/C11H16Cl2N2S.ClH/c1-7-4-15(3-2-9(7)14)5-8-6-16-11(13)10(8)12;/h6-7,9H,2-5,14H2,1H3;1H. The Morgan fingerprint density at radius 3 is 2.76 bits per heavy atom. The molecule has 2 unspecified atom stereocenters. The second kappa shape index (κ2) is 6.60. The number of rotatable bonds is 2. The summed E-state index contributed by atoms with van der Waals surface area (Å²) in [5.74, 6) is 0.557. The fraction of sp³-hybridized carbons (Fsp3) is 0.636. The van der Waals surface area contributed by atoms with Gasteiger partial charge >= 0.3 is 0 Å². The van der Waals surface area contributed by atoms with Crippen molar-refractivity contribution in [1.29, 1.82) is 0 Å². The molecule has 0 aromatic carbocycles. The van der Waals surface area contributed by atoms with Crippen LogP contribution >= 0.6 is 46.9 Å². The van der Waals surface area contributed by atoms with Gasteiger partial charge in [0.2, 0.25) is 0 Å². The predicted octanol–water partition coefficient (Wildman–Crippen LogP) is 3.65. The molecule has 1 aromatic rings. The molecule has 2 N–H and O–H groups in total. The fourth-order valence-electron chi connectivity index (χ4n) is 2.09. The number of hydrogen-bond acceptors (Lipinski definition) is 3. The zero-order valence-electron chi connectivity index (χ0n) is 9.66. The highest BCUT2D eigenvalue weighted by atomic mass is 35.5. The van der Waals surface area contributed by atoms with Gasteiger partial charge in [-0.25, -0.2) is 0 Å². The molecule has 0 amide bonds. The highest BCUT2D eigenvalue weighted by Gasteiger charge is 2.23. The molecule has 1 saturated heterocycles. The van der Waals surface area contributed by atoms with Crippen molar-refractivity contribution in [2.24, 2.45) is 11.7 Å². The Balaban J connectivity index is 0.00000144. The van der Waals surface area contributed by atoms with Crippen molar-refractivity contribution in [2.75, 3.05) is 13.1 Å². The summed E-state index contributed by atoms with van der Waals surface area (Å²) >= 11 is 13.6. The van der Waals surface area contributed by atoms with E-state index in [9.17, 15) is 0 Å². The number of halogens is 3. The largest absolute Gasteiger partial charge is 0.327 e. The van der Waals surface area contributed by atoms with E-state index < -0.39 is 0 Å². The van der Waals surface area contributed by atoms with Crippen LogP contribution in [0.25, 0.3) is 0 Å². The quantitative estimate of drug-likeness (QED) is 0.902. The number of hydrogen-bond donors (Lipinski definition) is 1. The van der Waals surface area contributed by atoms with Crippen LogP contribution in [-0.2, 0) is 6.54 Å². The lowest BCUT2D eigenvalue weighted by atomic mass is 9.95. The van der Waals surface area contributed by atoms with E-state index >= 15 is 0 Å². The molecule has 0 spiro atoms. The third-order valence-corrected chi connectivity index (χ3v) is 5.12. The van der Waals surface area contributed by atoms with Crippen LogP contribution in [0.1, 0.15) is 18.9 Å². The molecule has 0 bridgehead atoms. The van der Waals surface area contributed by atoms with Gasteiger partial charge in [-0.3, -0.25) is 4.90 Å². The van der Waals surface area contributed by atoms with Crippen LogP contribution in [0.2, 0.25) is 9.36 Å². The summed E-state index contributed by atoms with van der Waals surface area (Å²) in [5, 5.41) is 2.76. The zero-order valence-corrected chi connectivity index (χ0v) is 12.8. The van der Waals surface area contributed by atoms with Crippen molar-refractivity contribution >= 4 is 46.9 Å². The Kier molecular flexibility index (Phi) is 6.03. The summed E-state index contributed by atoms with van der Waals surface area (Å²) in [5.41, 5.74) is 7.13. The van der Waals surface area contributed by atoms with Crippen molar-refractivity contribution in [3.05, 3.63) is 20.3 Å². The molecular formula is C11H17Cl3N2S. The molecule has 98 valence electrons. The molecule has 2 rings (SSSR count). The molecule has 0 aliphatic carbocycles. The van der Waals surface area contributed by atoms with Gasteiger partial charge in [0.15, 0.2) is 0 Å². The van der Waals surface area contributed by atoms with Crippen LogP contribution in [0.5, 0.6) is 0 Å². The van der Waals surface area contributed by atoms with Crippen LogP contribution in [0, 0.1) is 5.92 Å². The molecular weight excluding hydrogens is 299 g/mol. The summed E-state index contributed by atoms with van der Waals surface area (Å²) < 4.78 is 0.693. The van der Waals surface area contributed by atoms with Crippen LogP contribution in [-0.4, -0.2) is 24.0 Å². The third kappa shape index (κ3) is 3.72. The van der Waals surface area contributed by atoms with Gasteiger partial charge in [-0.05, 0) is 29.8 Å². The Bertz CT molecular complexity index is 370. The molecule has 1 aliphatic rings. The van der Waals surface area contributed by atoms with Crippen molar-refractivity contribution in [3.63, 3.8) is 0 Å². The summed E-state index contributed by atoms with van der Waals surface area (Å²) in [7, 11) is 0. The van der Waals surface area contributed by atoms with Gasteiger partial charge in [-0.1, -0.05) is 30.1 Å². The minimum atomic E-state index is 0. The molecule has 6 heteroatoms. The first-order chi connectivity index (χ1) is 7.58. The molecule has 17 heavy (non-hydrogen) atoms. The number of likely N-dealkylation sites (tertiary alicyclic amines) is 1. The highest BCUT2D eigenvalue weighted by molar-refractivity contribution is 7.15. The van der Waals surface area contributed by atoms with Gasteiger partial charge in [0.05, 0.1) is 5.02 Å². The second-order valence-corrected chi connectivity index (χ2v) is 6.37. The maximum Gasteiger partial charge on any atom is 0.112 e. The third-order valence-electron chi connectivity index (χ3n) is 3.21. The van der Waals surface area contributed by atoms with E-state index in [1.807, 2.05) is 5.38 Å². The molecule has 2 atom stereocenters. The van der Waals surface area contributed by atoms with Crippen LogP contribution in [0.4, 0.5) is 0 Å². The van der Waals surface area contributed by atoms with E-state index in [1.54, 1.807) is 0 Å². The van der Waals surface area contributed by atoms with Gasteiger partial charge < -0.3 is 5.73 Å². The summed E-state index contributed by atoms with van der Waals surface area (Å²) in [6.45, 7) is 5.19. The zero-order chi connectivity index (χ0) is 11.7. The van der Waals surface area contributed by atoms with E-state index in [-0.39, 0.29) is 12.4 Å². The average molecular weight is 316 g/mol.